The maximum atomic E-state index is 6.30. The van der Waals surface area contributed by atoms with Gasteiger partial charge < -0.3 is 15.2 Å². The van der Waals surface area contributed by atoms with E-state index in [1.54, 1.807) is 14.2 Å². The van der Waals surface area contributed by atoms with Gasteiger partial charge in [0.25, 0.3) is 0 Å². The maximum absolute atomic E-state index is 6.30. The normalized spacial score (nSPS) is 11.3. The predicted molar refractivity (Wildman–Crippen MR) is 112 cm³/mol. The number of benzene rings is 4. The molecule has 0 aromatic heterocycles. The fourth-order valence-electron chi connectivity index (χ4n) is 3.84. The first-order valence-corrected chi connectivity index (χ1v) is 9.08. The number of nitrogens with two attached hydrogens (primary N) is 1. The molecule has 27 heavy (non-hydrogen) atoms. The Hall–Kier alpha value is -3.04. The van der Waals surface area contributed by atoms with E-state index in [0.29, 0.717) is 6.54 Å². The minimum Gasteiger partial charge on any atom is -0.497 e. The van der Waals surface area contributed by atoms with E-state index in [9.17, 15) is 0 Å². The van der Waals surface area contributed by atoms with Crippen molar-refractivity contribution in [3.63, 3.8) is 0 Å². The van der Waals surface area contributed by atoms with Crippen LogP contribution in [0.5, 0.6) is 11.5 Å². The van der Waals surface area contributed by atoms with Crippen LogP contribution in [0, 0.1) is 0 Å². The molecule has 4 aromatic carbocycles. The molecule has 0 heterocycles. The molecule has 4 rings (SSSR count). The molecule has 0 spiro atoms. The van der Waals surface area contributed by atoms with Gasteiger partial charge in [-0.1, -0.05) is 48.5 Å². The van der Waals surface area contributed by atoms with Crippen LogP contribution in [0.4, 0.5) is 0 Å². The third-order valence-corrected chi connectivity index (χ3v) is 5.23. The Morgan fingerprint density at radius 1 is 0.704 bits per heavy atom. The molecule has 0 bridgehead atoms. The zero-order chi connectivity index (χ0) is 18.8. The highest BCUT2D eigenvalue weighted by molar-refractivity contribution is 5.91. The van der Waals surface area contributed by atoms with Crippen LogP contribution in [0.3, 0.4) is 0 Å². The number of fused-ring (bicyclic) bond motifs is 2. The average molecular weight is 357 g/mol. The largest absolute Gasteiger partial charge is 0.497 e. The highest BCUT2D eigenvalue weighted by Crippen LogP contribution is 2.36. The fourth-order valence-corrected chi connectivity index (χ4v) is 3.84. The van der Waals surface area contributed by atoms with Crippen molar-refractivity contribution < 1.29 is 9.47 Å². The fraction of sp³-hybridized carbons (Fsp3) is 0.167. The number of methoxy groups -OCH3 is 2. The molecule has 0 saturated carbocycles. The highest BCUT2D eigenvalue weighted by Gasteiger charge is 2.18. The van der Waals surface area contributed by atoms with E-state index in [1.165, 1.54) is 32.7 Å². The van der Waals surface area contributed by atoms with E-state index in [0.717, 1.165) is 11.5 Å². The molecular formula is C24H23NO2. The number of hydrogen-bond acceptors (Lipinski definition) is 3. The lowest BCUT2D eigenvalue weighted by Crippen LogP contribution is -2.14. The minimum absolute atomic E-state index is 0.0802. The van der Waals surface area contributed by atoms with Gasteiger partial charge in [-0.3, -0.25) is 0 Å². The summed E-state index contributed by atoms with van der Waals surface area (Å²) < 4.78 is 10.9. The van der Waals surface area contributed by atoms with Crippen molar-refractivity contribution in [3.05, 3.63) is 83.9 Å². The zero-order valence-electron chi connectivity index (χ0n) is 15.6. The second kappa shape index (κ2) is 7.29. The van der Waals surface area contributed by atoms with Crippen LogP contribution in [0.2, 0.25) is 0 Å². The number of rotatable bonds is 5. The van der Waals surface area contributed by atoms with Crippen LogP contribution in [-0.2, 0) is 0 Å². The van der Waals surface area contributed by atoms with Crippen molar-refractivity contribution in [3.8, 4) is 11.5 Å². The standard InChI is InChI=1S/C24H23NO2/c1-26-18-11-9-16-5-3-7-20(22(16)13-18)24(15-25)21-8-4-6-17-10-12-19(27-2)14-23(17)21/h3-14,24H,15,25H2,1-2H3. The Morgan fingerprint density at radius 3 is 1.59 bits per heavy atom. The van der Waals surface area contributed by atoms with Crippen LogP contribution in [-0.4, -0.2) is 20.8 Å². The van der Waals surface area contributed by atoms with Gasteiger partial charge in [-0.15, -0.1) is 0 Å². The lowest BCUT2D eigenvalue weighted by Gasteiger charge is -2.21. The van der Waals surface area contributed by atoms with Gasteiger partial charge in [0, 0.05) is 12.5 Å². The summed E-state index contributed by atoms with van der Waals surface area (Å²) in [7, 11) is 3.39. The molecule has 0 aliphatic rings. The molecule has 0 fully saturated rings. The van der Waals surface area contributed by atoms with Crippen molar-refractivity contribution in [2.75, 3.05) is 20.8 Å². The molecule has 3 nitrogen and oxygen atoms in total. The van der Waals surface area contributed by atoms with Gasteiger partial charge in [-0.2, -0.15) is 0 Å². The first-order chi connectivity index (χ1) is 13.2. The van der Waals surface area contributed by atoms with Crippen molar-refractivity contribution in [1.82, 2.24) is 0 Å². The SMILES string of the molecule is COc1ccc2cccc(C(CN)c3cccc4ccc(OC)cc34)c2c1. The van der Waals surface area contributed by atoms with Gasteiger partial charge in [0.2, 0.25) is 0 Å². The second-order valence-corrected chi connectivity index (χ2v) is 6.66. The number of ether oxygens (including phenoxy) is 2. The quantitative estimate of drug-likeness (QED) is 0.540. The van der Waals surface area contributed by atoms with Gasteiger partial charge in [0.15, 0.2) is 0 Å². The van der Waals surface area contributed by atoms with Crippen LogP contribution in [0.1, 0.15) is 17.0 Å². The smallest absolute Gasteiger partial charge is 0.119 e. The summed E-state index contributed by atoms with van der Waals surface area (Å²) in [6.45, 7) is 0.520. The second-order valence-electron chi connectivity index (χ2n) is 6.66. The zero-order valence-corrected chi connectivity index (χ0v) is 15.6. The van der Waals surface area contributed by atoms with E-state index < -0.39 is 0 Å². The summed E-state index contributed by atoms with van der Waals surface area (Å²) in [6, 6.07) is 25.1. The monoisotopic (exact) mass is 357 g/mol. The summed E-state index contributed by atoms with van der Waals surface area (Å²) in [4.78, 5) is 0. The molecule has 0 aliphatic heterocycles. The van der Waals surface area contributed by atoms with Crippen molar-refractivity contribution in [2.24, 2.45) is 5.73 Å². The van der Waals surface area contributed by atoms with Crippen molar-refractivity contribution in [1.29, 1.82) is 0 Å². The Morgan fingerprint density at radius 2 is 1.19 bits per heavy atom. The third-order valence-electron chi connectivity index (χ3n) is 5.23. The van der Waals surface area contributed by atoms with Gasteiger partial charge in [-0.25, -0.2) is 0 Å². The molecule has 0 amide bonds. The molecule has 4 aromatic rings. The van der Waals surface area contributed by atoms with Crippen molar-refractivity contribution >= 4 is 21.5 Å². The van der Waals surface area contributed by atoms with Gasteiger partial charge in [0.1, 0.15) is 11.5 Å². The molecule has 0 aliphatic carbocycles. The van der Waals surface area contributed by atoms with Gasteiger partial charge >= 0.3 is 0 Å². The molecule has 0 atom stereocenters. The van der Waals surface area contributed by atoms with Crippen molar-refractivity contribution in [2.45, 2.75) is 5.92 Å². The van der Waals surface area contributed by atoms with E-state index in [-0.39, 0.29) is 5.92 Å². The average Bonchev–Trinajstić information content (AvgIpc) is 2.73. The van der Waals surface area contributed by atoms with Gasteiger partial charge in [0.05, 0.1) is 14.2 Å². The topological polar surface area (TPSA) is 44.5 Å². The van der Waals surface area contributed by atoms with Crippen LogP contribution < -0.4 is 15.2 Å². The molecule has 3 heteroatoms. The molecular weight excluding hydrogens is 334 g/mol. The minimum atomic E-state index is 0.0802. The third kappa shape index (κ3) is 3.11. The van der Waals surface area contributed by atoms with Crippen LogP contribution in [0.15, 0.2) is 72.8 Å². The Balaban J connectivity index is 1.95. The summed E-state index contributed by atoms with van der Waals surface area (Å²) in [5.74, 6) is 1.78. The highest BCUT2D eigenvalue weighted by atomic mass is 16.5. The van der Waals surface area contributed by atoms with E-state index in [1.807, 2.05) is 12.1 Å². The molecule has 0 unspecified atom stereocenters. The summed E-state index contributed by atoms with van der Waals surface area (Å²) in [6.07, 6.45) is 0. The molecule has 0 radical (unpaired) electrons. The molecule has 136 valence electrons. The summed E-state index contributed by atoms with van der Waals surface area (Å²) in [5, 5.41) is 4.72. The first-order valence-electron chi connectivity index (χ1n) is 9.08. The maximum Gasteiger partial charge on any atom is 0.119 e. The Bertz CT molecular complexity index is 1020. The lowest BCUT2D eigenvalue weighted by atomic mass is 9.85. The first kappa shape index (κ1) is 17.4. The van der Waals surface area contributed by atoms with Crippen LogP contribution >= 0.6 is 0 Å². The lowest BCUT2D eigenvalue weighted by molar-refractivity contribution is 0.415. The predicted octanol–water partition coefficient (Wildman–Crippen LogP) is 5.10. The Labute approximate surface area is 159 Å². The summed E-state index contributed by atoms with van der Waals surface area (Å²) in [5.41, 5.74) is 8.72. The van der Waals surface area contributed by atoms with E-state index in [2.05, 4.69) is 60.7 Å². The van der Waals surface area contributed by atoms with E-state index >= 15 is 0 Å². The van der Waals surface area contributed by atoms with Crippen LogP contribution in [0.25, 0.3) is 21.5 Å². The van der Waals surface area contributed by atoms with E-state index in [4.69, 9.17) is 15.2 Å². The number of hydrogen-bond donors (Lipinski definition) is 1. The molecule has 2 N–H and O–H groups in total. The van der Waals surface area contributed by atoms with Gasteiger partial charge in [-0.05, 0) is 56.9 Å². The molecule has 0 saturated heterocycles. The Kier molecular flexibility index (Phi) is 4.69. The summed E-state index contributed by atoms with van der Waals surface area (Å²) >= 11 is 0.